The molecule has 0 amide bonds. The van der Waals surface area contributed by atoms with Gasteiger partial charge in [0.15, 0.2) is 0 Å². The van der Waals surface area contributed by atoms with E-state index in [1.807, 2.05) is 13.6 Å². The minimum absolute atomic E-state index is 0.219. The summed E-state index contributed by atoms with van der Waals surface area (Å²) in [7, 11) is 7.20. The standard InChI is InChI=1S/C3H7B2P/c1-2-3-6(4)5/h2H,1,3-4H2. The van der Waals surface area contributed by atoms with Crippen LogP contribution in [0, 0.1) is 0 Å². The van der Waals surface area contributed by atoms with Crippen molar-refractivity contribution in [1.82, 2.24) is 0 Å². The quantitative estimate of drug-likeness (QED) is 0.250. The van der Waals surface area contributed by atoms with Crippen LogP contribution in [-0.2, 0) is 0 Å². The number of hydrogen-bond donors (Lipinski definition) is 0. The molecule has 0 saturated heterocycles. The van der Waals surface area contributed by atoms with Crippen molar-refractivity contribution in [2.75, 3.05) is 6.16 Å². The van der Waals surface area contributed by atoms with E-state index in [0.717, 1.165) is 6.16 Å². The summed E-state index contributed by atoms with van der Waals surface area (Å²) in [6, 6.07) is 0. The normalized spacial score (nSPS) is 10.7. The van der Waals surface area contributed by atoms with Gasteiger partial charge in [-0.25, -0.2) is 0 Å². The molecule has 0 bridgehead atoms. The predicted molar refractivity (Wildman–Crippen MR) is 36.3 cm³/mol. The van der Waals surface area contributed by atoms with Crippen molar-refractivity contribution in [3.8, 4) is 0 Å². The zero-order valence-electron chi connectivity index (χ0n) is 4.02. The Morgan fingerprint density at radius 3 is 2.50 bits per heavy atom. The van der Waals surface area contributed by atoms with Crippen LogP contribution in [0.1, 0.15) is 0 Å². The maximum absolute atomic E-state index is 5.40. The summed E-state index contributed by atoms with van der Waals surface area (Å²) in [5, 5.41) is 0. The van der Waals surface area contributed by atoms with Gasteiger partial charge in [0.05, 0.1) is 0 Å². The Hall–Kier alpha value is 0.170. The number of hydrogen-bond acceptors (Lipinski definition) is 0. The molecule has 0 radical (unpaired) electrons. The first kappa shape index (κ1) is 6.17. The van der Waals surface area contributed by atoms with Gasteiger partial charge in [-0.3, -0.25) is 0 Å². The Morgan fingerprint density at radius 1 is 2.00 bits per heavy atom. The fourth-order valence-electron chi connectivity index (χ4n) is 0.204. The monoisotopic (exact) mass is 96.0 g/mol. The molecule has 1 atom stereocenters. The van der Waals surface area contributed by atoms with Gasteiger partial charge >= 0.3 is 40.5 Å². The van der Waals surface area contributed by atoms with Crippen molar-refractivity contribution >= 4 is 21.7 Å². The molecule has 0 aromatic heterocycles. The van der Waals surface area contributed by atoms with E-state index in [-0.39, 0.29) is 7.12 Å². The fraction of sp³-hybridized carbons (Fsp3) is 0.333. The Kier molecular flexibility index (Phi) is 3.46. The van der Waals surface area contributed by atoms with Gasteiger partial charge in [0.1, 0.15) is 0 Å². The first-order chi connectivity index (χ1) is 2.77. The molecule has 1 unspecified atom stereocenters. The van der Waals surface area contributed by atoms with Gasteiger partial charge in [0, 0.05) is 0 Å². The van der Waals surface area contributed by atoms with Crippen LogP contribution in [0.15, 0.2) is 12.7 Å². The molecular formula is C3H7B2P. The zero-order chi connectivity index (χ0) is 4.99. The van der Waals surface area contributed by atoms with Gasteiger partial charge in [-0.1, -0.05) is 0 Å². The molecule has 0 aliphatic carbocycles. The molecular weight excluding hydrogens is 88.6 g/mol. The third kappa shape index (κ3) is 4.17. The van der Waals surface area contributed by atoms with Crippen molar-refractivity contribution in [2.24, 2.45) is 0 Å². The maximum atomic E-state index is 5.40. The third-order valence-electron chi connectivity index (χ3n) is 0.417. The molecule has 0 saturated carbocycles. The summed E-state index contributed by atoms with van der Waals surface area (Å²) in [5.41, 5.74) is 0. The summed E-state index contributed by atoms with van der Waals surface area (Å²) in [4.78, 5) is 0. The molecule has 0 aliphatic heterocycles. The van der Waals surface area contributed by atoms with Gasteiger partial charge in [0.25, 0.3) is 0 Å². The summed E-state index contributed by atoms with van der Waals surface area (Å²) in [6.45, 7) is 3.54. The first-order valence-corrected chi connectivity index (χ1v) is 3.88. The van der Waals surface area contributed by atoms with Gasteiger partial charge in [-0.05, 0) is 0 Å². The van der Waals surface area contributed by atoms with Crippen LogP contribution in [0.25, 0.3) is 0 Å². The van der Waals surface area contributed by atoms with Gasteiger partial charge in [0.2, 0.25) is 0 Å². The van der Waals surface area contributed by atoms with E-state index in [4.69, 9.17) is 7.01 Å². The van der Waals surface area contributed by atoms with Crippen LogP contribution in [0.4, 0.5) is 0 Å². The molecule has 0 N–H and O–H groups in total. The van der Waals surface area contributed by atoms with E-state index >= 15 is 0 Å². The zero-order valence-corrected chi connectivity index (χ0v) is 4.91. The second kappa shape index (κ2) is 3.36. The van der Waals surface area contributed by atoms with E-state index in [9.17, 15) is 0 Å². The average Bonchev–Trinajstić information content (AvgIpc) is 1.35. The van der Waals surface area contributed by atoms with E-state index < -0.39 is 0 Å². The summed E-state index contributed by atoms with van der Waals surface area (Å²) in [6.07, 6.45) is 2.83. The topological polar surface area (TPSA) is 0 Å². The van der Waals surface area contributed by atoms with Crippen molar-refractivity contribution in [3.05, 3.63) is 12.7 Å². The Bertz CT molecular complexity index is 99.1. The Labute approximate surface area is 41.4 Å². The predicted octanol–water partition coefficient (Wildman–Crippen LogP) is 0.286. The molecule has 0 heterocycles. The Balaban J connectivity index is 3.14. The molecule has 0 spiro atoms. The van der Waals surface area contributed by atoms with E-state index in [1.54, 1.807) is 0 Å². The van der Waals surface area contributed by atoms with Gasteiger partial charge in [-0.15, -0.1) is 0 Å². The number of allylic oxidation sites excluding steroid dienone is 1. The summed E-state index contributed by atoms with van der Waals surface area (Å²) < 4.78 is 0. The molecule has 30 valence electrons. The third-order valence-corrected chi connectivity index (χ3v) is 1.25. The molecule has 0 nitrogen and oxygen atoms in total. The molecule has 6 heavy (non-hydrogen) atoms. The van der Waals surface area contributed by atoms with Crippen LogP contribution in [0.3, 0.4) is 0 Å². The molecule has 0 aromatic rings. The average molecular weight is 95.7 g/mol. The molecule has 0 rings (SSSR count). The van der Waals surface area contributed by atoms with Crippen LogP contribution in [0.2, 0.25) is 0 Å². The van der Waals surface area contributed by atoms with Crippen LogP contribution in [-0.4, -0.2) is 20.7 Å². The van der Waals surface area contributed by atoms with E-state index in [1.165, 1.54) is 0 Å². The van der Waals surface area contributed by atoms with Crippen molar-refractivity contribution in [3.63, 3.8) is 0 Å². The first-order valence-electron chi connectivity index (χ1n) is 1.84. The second-order valence-corrected chi connectivity index (χ2v) is 3.11. The summed E-state index contributed by atoms with van der Waals surface area (Å²) in [5.74, 6) is 0. The SMILES string of the molecule is B#P(B)CC=C. The van der Waals surface area contributed by atoms with Crippen LogP contribution >= 0.6 is 7.12 Å². The molecule has 0 aromatic carbocycles. The van der Waals surface area contributed by atoms with E-state index in [0.29, 0.717) is 0 Å². The fourth-order valence-corrected chi connectivity index (χ4v) is 0.611. The van der Waals surface area contributed by atoms with Gasteiger partial charge < -0.3 is 0 Å². The molecule has 0 aliphatic rings. The van der Waals surface area contributed by atoms with Crippen molar-refractivity contribution in [1.29, 1.82) is 0 Å². The summed E-state index contributed by atoms with van der Waals surface area (Å²) >= 11 is 0. The van der Waals surface area contributed by atoms with Crippen LogP contribution < -0.4 is 0 Å². The van der Waals surface area contributed by atoms with E-state index in [2.05, 4.69) is 6.58 Å². The second-order valence-electron chi connectivity index (χ2n) is 1.23. The van der Waals surface area contributed by atoms with Crippen molar-refractivity contribution in [2.45, 2.75) is 0 Å². The molecule has 3 heteroatoms. The number of rotatable bonds is 1. The van der Waals surface area contributed by atoms with Crippen molar-refractivity contribution < 1.29 is 0 Å². The minimum atomic E-state index is -0.219. The van der Waals surface area contributed by atoms with Crippen LogP contribution in [0.5, 0.6) is 0 Å². The molecule has 0 fully saturated rings. The Morgan fingerprint density at radius 2 is 2.50 bits per heavy atom. The van der Waals surface area contributed by atoms with Gasteiger partial charge in [-0.2, -0.15) is 0 Å².